The lowest BCUT2D eigenvalue weighted by Gasteiger charge is -2.14. The first-order valence-electron chi connectivity index (χ1n) is 7.33. The number of carbonyl (C=O) groups is 1. The van der Waals surface area contributed by atoms with Crippen LogP contribution in [0.3, 0.4) is 0 Å². The largest absolute Gasteiger partial charge is 0.332 e. The van der Waals surface area contributed by atoms with E-state index >= 15 is 0 Å². The van der Waals surface area contributed by atoms with E-state index in [0.717, 1.165) is 28.6 Å². The summed E-state index contributed by atoms with van der Waals surface area (Å²) in [7, 11) is 0. The number of carbonyl (C=O) groups excluding carboxylic acids is 1. The van der Waals surface area contributed by atoms with Crippen LogP contribution in [0, 0.1) is 11.6 Å². The zero-order valence-corrected chi connectivity index (χ0v) is 14.2. The van der Waals surface area contributed by atoms with Crippen LogP contribution in [0.25, 0.3) is 0 Å². The predicted octanol–water partition coefficient (Wildman–Crippen LogP) is 3.38. The average Bonchev–Trinajstić information content (AvgIpc) is 2.52. The topological polar surface area (TPSA) is 45.7 Å². The van der Waals surface area contributed by atoms with Crippen molar-refractivity contribution in [3.8, 4) is 0 Å². The van der Waals surface area contributed by atoms with Crippen molar-refractivity contribution >= 4 is 27.5 Å². The molecule has 1 amide bonds. The molecule has 0 aliphatic carbocycles. The molecule has 2 rings (SSSR count). The molecule has 0 saturated heterocycles. The summed E-state index contributed by atoms with van der Waals surface area (Å²) in [6.07, 6.45) is 0.861. The van der Waals surface area contributed by atoms with Crippen LogP contribution in [0.15, 0.2) is 46.9 Å². The van der Waals surface area contributed by atoms with Gasteiger partial charge in [-0.2, -0.15) is 0 Å². The van der Waals surface area contributed by atoms with Gasteiger partial charge in [0, 0.05) is 22.5 Å². The van der Waals surface area contributed by atoms with Crippen LogP contribution in [-0.2, 0) is 4.79 Å². The van der Waals surface area contributed by atoms with Crippen molar-refractivity contribution in [3.05, 3.63) is 64.1 Å². The first kappa shape index (κ1) is 17.6. The lowest BCUT2D eigenvalue weighted by Crippen LogP contribution is -2.87. The summed E-state index contributed by atoms with van der Waals surface area (Å²) in [4.78, 5) is 11.9. The molecular formula is C17H18BrF2N2O+. The van der Waals surface area contributed by atoms with Gasteiger partial charge in [-0.1, -0.05) is 35.0 Å². The lowest BCUT2D eigenvalue weighted by molar-refractivity contribution is -0.686. The molecule has 0 bridgehead atoms. The van der Waals surface area contributed by atoms with Gasteiger partial charge in [0.2, 0.25) is 0 Å². The fraction of sp³-hybridized carbons (Fsp3) is 0.235. The van der Waals surface area contributed by atoms with Gasteiger partial charge in [-0.25, -0.2) is 8.78 Å². The fourth-order valence-corrected chi connectivity index (χ4v) is 2.55. The molecule has 0 unspecified atom stereocenters. The number of hydrogen-bond acceptors (Lipinski definition) is 1. The van der Waals surface area contributed by atoms with E-state index < -0.39 is 11.6 Å². The Bertz CT molecular complexity index is 677. The number of quaternary nitrogens is 1. The van der Waals surface area contributed by atoms with E-state index in [1.54, 1.807) is 0 Å². The van der Waals surface area contributed by atoms with Gasteiger partial charge in [-0.15, -0.1) is 0 Å². The summed E-state index contributed by atoms with van der Waals surface area (Å²) >= 11 is 3.39. The number of halogens is 3. The third kappa shape index (κ3) is 5.11. The van der Waals surface area contributed by atoms with E-state index in [1.807, 2.05) is 36.5 Å². The molecule has 6 heteroatoms. The van der Waals surface area contributed by atoms with E-state index in [0.29, 0.717) is 0 Å². The Morgan fingerprint density at radius 2 is 1.91 bits per heavy atom. The number of nitrogens with one attached hydrogen (secondary N) is 1. The highest BCUT2D eigenvalue weighted by atomic mass is 79.9. The van der Waals surface area contributed by atoms with Crippen molar-refractivity contribution < 1.29 is 18.9 Å². The van der Waals surface area contributed by atoms with Crippen molar-refractivity contribution in [2.45, 2.75) is 19.4 Å². The highest BCUT2D eigenvalue weighted by molar-refractivity contribution is 9.10. The number of rotatable bonds is 6. The van der Waals surface area contributed by atoms with Crippen molar-refractivity contribution in [2.75, 3.05) is 11.9 Å². The highest BCUT2D eigenvalue weighted by Gasteiger charge is 2.15. The molecule has 0 fully saturated rings. The average molecular weight is 384 g/mol. The molecule has 0 heterocycles. The predicted molar refractivity (Wildman–Crippen MR) is 89.0 cm³/mol. The number of anilines is 1. The summed E-state index contributed by atoms with van der Waals surface area (Å²) in [5, 5.41) is 4.36. The van der Waals surface area contributed by atoms with E-state index in [9.17, 15) is 13.6 Å². The Hall–Kier alpha value is -1.79. The molecule has 0 aliphatic heterocycles. The first-order chi connectivity index (χ1) is 11.0. The SMILES string of the molecule is CC[C@H]([NH2+]CC(=O)Nc1ccc(F)cc1F)c1ccc(Br)cc1. The Kier molecular flexibility index (Phi) is 6.24. The van der Waals surface area contributed by atoms with Gasteiger partial charge in [-0.05, 0) is 24.3 Å². The van der Waals surface area contributed by atoms with E-state index in [2.05, 4.69) is 21.2 Å². The van der Waals surface area contributed by atoms with Gasteiger partial charge in [0.25, 0.3) is 5.91 Å². The second-order valence-corrected chi connectivity index (χ2v) is 6.09. The molecule has 3 N–H and O–H groups in total. The summed E-state index contributed by atoms with van der Waals surface area (Å²) in [6, 6.07) is 11.1. The quantitative estimate of drug-likeness (QED) is 0.788. The van der Waals surface area contributed by atoms with Crippen LogP contribution < -0.4 is 10.6 Å². The molecule has 122 valence electrons. The monoisotopic (exact) mass is 383 g/mol. The number of nitrogens with two attached hydrogens (primary N) is 1. The molecule has 0 spiro atoms. The van der Waals surface area contributed by atoms with E-state index in [1.165, 1.54) is 6.07 Å². The van der Waals surface area contributed by atoms with Crippen LogP contribution in [0.1, 0.15) is 24.9 Å². The minimum atomic E-state index is -0.779. The Morgan fingerprint density at radius 1 is 1.22 bits per heavy atom. The Labute approximate surface area is 142 Å². The van der Waals surface area contributed by atoms with Crippen LogP contribution in [-0.4, -0.2) is 12.5 Å². The fourth-order valence-electron chi connectivity index (χ4n) is 2.29. The molecule has 2 aromatic rings. The van der Waals surface area contributed by atoms with Crippen molar-refractivity contribution in [2.24, 2.45) is 0 Å². The Morgan fingerprint density at radius 3 is 2.52 bits per heavy atom. The third-order valence-corrected chi connectivity index (χ3v) is 4.06. The molecule has 23 heavy (non-hydrogen) atoms. The number of benzene rings is 2. The van der Waals surface area contributed by atoms with Gasteiger partial charge in [-0.3, -0.25) is 4.79 Å². The van der Waals surface area contributed by atoms with Crippen LogP contribution in [0.2, 0.25) is 0 Å². The summed E-state index contributed by atoms with van der Waals surface area (Å²) in [6.45, 7) is 2.20. The smallest absolute Gasteiger partial charge is 0.279 e. The maximum Gasteiger partial charge on any atom is 0.279 e. The maximum absolute atomic E-state index is 13.5. The van der Waals surface area contributed by atoms with Gasteiger partial charge in [0.1, 0.15) is 17.7 Å². The highest BCUT2D eigenvalue weighted by Crippen LogP contribution is 2.17. The first-order valence-corrected chi connectivity index (χ1v) is 8.12. The normalized spacial score (nSPS) is 12.0. The molecule has 1 atom stereocenters. The summed E-state index contributed by atoms with van der Waals surface area (Å²) < 4.78 is 27.3. The molecule has 0 aromatic heterocycles. The second-order valence-electron chi connectivity index (χ2n) is 5.18. The summed E-state index contributed by atoms with van der Waals surface area (Å²) in [5.74, 6) is -1.78. The van der Waals surface area contributed by atoms with E-state index in [4.69, 9.17) is 0 Å². The second kappa shape index (κ2) is 8.17. The summed E-state index contributed by atoms with van der Waals surface area (Å²) in [5.41, 5.74) is 1.11. The minimum Gasteiger partial charge on any atom is -0.332 e. The molecule has 0 saturated carbocycles. The van der Waals surface area contributed by atoms with Gasteiger partial charge in [0.15, 0.2) is 6.54 Å². The van der Waals surface area contributed by atoms with Crippen molar-refractivity contribution in [1.82, 2.24) is 0 Å². The molecular weight excluding hydrogens is 366 g/mol. The van der Waals surface area contributed by atoms with E-state index in [-0.39, 0.29) is 24.2 Å². The zero-order chi connectivity index (χ0) is 16.8. The van der Waals surface area contributed by atoms with Crippen molar-refractivity contribution in [3.63, 3.8) is 0 Å². The molecule has 0 aliphatic rings. The Balaban J connectivity index is 1.93. The zero-order valence-electron chi connectivity index (χ0n) is 12.7. The molecule has 0 radical (unpaired) electrons. The van der Waals surface area contributed by atoms with Crippen molar-refractivity contribution in [1.29, 1.82) is 0 Å². The number of hydrogen-bond donors (Lipinski definition) is 2. The minimum absolute atomic E-state index is 0.0125. The van der Waals surface area contributed by atoms with Crippen LogP contribution >= 0.6 is 15.9 Å². The standard InChI is InChI=1S/C17H17BrF2N2O/c1-2-15(11-3-5-12(18)6-4-11)21-10-17(23)22-16-8-7-13(19)9-14(16)20/h3-9,15,21H,2,10H2,1H3,(H,22,23)/p+1/t15-/m0/s1. The lowest BCUT2D eigenvalue weighted by atomic mass is 10.0. The molecule has 2 aromatic carbocycles. The van der Waals surface area contributed by atoms with Gasteiger partial charge in [0.05, 0.1) is 5.69 Å². The maximum atomic E-state index is 13.5. The van der Waals surface area contributed by atoms with Crippen LogP contribution in [0.4, 0.5) is 14.5 Å². The van der Waals surface area contributed by atoms with Crippen LogP contribution in [0.5, 0.6) is 0 Å². The number of amides is 1. The molecule has 3 nitrogen and oxygen atoms in total. The van der Waals surface area contributed by atoms with Gasteiger partial charge < -0.3 is 10.6 Å². The van der Waals surface area contributed by atoms with Gasteiger partial charge >= 0.3 is 0 Å². The third-order valence-electron chi connectivity index (χ3n) is 3.53.